The Bertz CT molecular complexity index is 302. The molecule has 1 atom stereocenters. The molecule has 1 unspecified atom stereocenters. The van der Waals surface area contributed by atoms with E-state index in [1.165, 1.54) is 0 Å². The molecular weight excluding hydrogens is 220 g/mol. The second kappa shape index (κ2) is 5.38. The predicted octanol–water partition coefficient (Wildman–Crippen LogP) is 1.68. The van der Waals surface area contributed by atoms with Crippen LogP contribution in [0.4, 0.5) is 4.79 Å². The predicted molar refractivity (Wildman–Crippen MR) is 64.8 cm³/mol. The molecule has 0 aromatic carbocycles. The first kappa shape index (κ1) is 13.8. The average molecular weight is 242 g/mol. The van der Waals surface area contributed by atoms with Crippen molar-refractivity contribution in [1.82, 2.24) is 10.2 Å². The van der Waals surface area contributed by atoms with Crippen LogP contribution in [0.2, 0.25) is 0 Å². The Morgan fingerprint density at radius 1 is 1.47 bits per heavy atom. The third-order valence-electron chi connectivity index (χ3n) is 2.98. The largest absolute Gasteiger partial charge is 0.481 e. The monoisotopic (exact) mass is 242 g/mol. The summed E-state index contributed by atoms with van der Waals surface area (Å²) in [7, 11) is 0. The molecule has 2 N–H and O–H groups in total. The molecule has 1 fully saturated rings. The maximum absolute atomic E-state index is 12.0. The van der Waals surface area contributed by atoms with Gasteiger partial charge in [0.05, 0.1) is 6.42 Å². The van der Waals surface area contributed by atoms with Gasteiger partial charge < -0.3 is 15.3 Å². The lowest BCUT2D eigenvalue weighted by molar-refractivity contribution is -0.138. The van der Waals surface area contributed by atoms with Crippen molar-refractivity contribution in [3.8, 4) is 0 Å². The summed E-state index contributed by atoms with van der Waals surface area (Å²) in [5.41, 5.74) is -0.705. The third kappa shape index (κ3) is 4.63. The standard InChI is InChI=1S/C12H22N2O3/c1-9-5-4-6-14(8-9)11(17)13-12(2,3)7-10(15)16/h9H,4-8H2,1-3H3,(H,13,17)(H,15,16). The lowest BCUT2D eigenvalue weighted by Gasteiger charge is -2.34. The van der Waals surface area contributed by atoms with E-state index >= 15 is 0 Å². The van der Waals surface area contributed by atoms with E-state index in [0.717, 1.165) is 25.9 Å². The number of piperidine rings is 1. The molecule has 1 heterocycles. The Hall–Kier alpha value is -1.26. The Balaban J connectivity index is 2.50. The molecule has 0 aliphatic carbocycles. The van der Waals surface area contributed by atoms with Gasteiger partial charge in [0.2, 0.25) is 0 Å². The number of nitrogens with one attached hydrogen (secondary N) is 1. The lowest BCUT2D eigenvalue weighted by atomic mass is 9.99. The fourth-order valence-corrected chi connectivity index (χ4v) is 2.16. The number of likely N-dealkylation sites (tertiary alicyclic amines) is 1. The van der Waals surface area contributed by atoms with Gasteiger partial charge in [-0.1, -0.05) is 6.92 Å². The number of rotatable bonds is 3. The van der Waals surface area contributed by atoms with Crippen LogP contribution in [0, 0.1) is 5.92 Å². The zero-order valence-electron chi connectivity index (χ0n) is 10.8. The zero-order chi connectivity index (χ0) is 13.1. The van der Waals surface area contributed by atoms with Crippen molar-refractivity contribution in [2.75, 3.05) is 13.1 Å². The first-order valence-corrected chi connectivity index (χ1v) is 6.09. The summed E-state index contributed by atoms with van der Waals surface area (Å²) in [6, 6.07) is -0.150. The number of hydrogen-bond acceptors (Lipinski definition) is 2. The fourth-order valence-electron chi connectivity index (χ4n) is 2.16. The maximum atomic E-state index is 12.0. The summed E-state index contributed by atoms with van der Waals surface area (Å²) in [6.45, 7) is 7.11. The SMILES string of the molecule is CC1CCCN(C(=O)NC(C)(C)CC(=O)O)C1. The molecule has 98 valence electrons. The van der Waals surface area contributed by atoms with E-state index in [4.69, 9.17) is 5.11 Å². The molecule has 0 radical (unpaired) electrons. The van der Waals surface area contributed by atoms with Gasteiger partial charge >= 0.3 is 12.0 Å². The van der Waals surface area contributed by atoms with Crippen molar-refractivity contribution in [2.24, 2.45) is 5.92 Å². The minimum Gasteiger partial charge on any atom is -0.481 e. The highest BCUT2D eigenvalue weighted by Crippen LogP contribution is 2.16. The van der Waals surface area contributed by atoms with Gasteiger partial charge in [-0.2, -0.15) is 0 Å². The Kier molecular flexibility index (Phi) is 4.37. The summed E-state index contributed by atoms with van der Waals surface area (Å²) in [5, 5.41) is 11.5. The van der Waals surface area contributed by atoms with Gasteiger partial charge in [-0.25, -0.2) is 4.79 Å². The van der Waals surface area contributed by atoms with Gasteiger partial charge in [-0.05, 0) is 32.6 Å². The average Bonchev–Trinajstić information content (AvgIpc) is 2.14. The molecule has 1 saturated heterocycles. The number of carbonyl (C=O) groups excluding carboxylic acids is 1. The highest BCUT2D eigenvalue weighted by molar-refractivity contribution is 5.76. The quantitative estimate of drug-likeness (QED) is 0.791. The lowest BCUT2D eigenvalue weighted by Crippen LogP contribution is -2.53. The van der Waals surface area contributed by atoms with E-state index < -0.39 is 11.5 Å². The number of hydrogen-bond donors (Lipinski definition) is 2. The van der Waals surface area contributed by atoms with Crippen molar-refractivity contribution in [3.63, 3.8) is 0 Å². The van der Waals surface area contributed by atoms with Crippen LogP contribution in [0.1, 0.15) is 40.0 Å². The number of nitrogens with zero attached hydrogens (tertiary/aromatic N) is 1. The minimum atomic E-state index is -0.901. The van der Waals surface area contributed by atoms with Crippen LogP contribution in [0.15, 0.2) is 0 Å². The molecule has 1 aliphatic heterocycles. The number of carboxylic acid groups (broad SMARTS) is 1. The van der Waals surface area contributed by atoms with Crippen molar-refractivity contribution in [3.05, 3.63) is 0 Å². The second-order valence-corrected chi connectivity index (χ2v) is 5.58. The fraction of sp³-hybridized carbons (Fsp3) is 0.833. The van der Waals surface area contributed by atoms with E-state index in [1.54, 1.807) is 18.7 Å². The molecule has 5 heteroatoms. The molecule has 5 nitrogen and oxygen atoms in total. The zero-order valence-corrected chi connectivity index (χ0v) is 10.8. The van der Waals surface area contributed by atoms with Crippen LogP contribution < -0.4 is 5.32 Å². The minimum absolute atomic E-state index is 0.0673. The van der Waals surface area contributed by atoms with Gasteiger partial charge in [0, 0.05) is 18.6 Å². The molecule has 1 rings (SSSR count). The van der Waals surface area contributed by atoms with Crippen LogP contribution in [-0.2, 0) is 4.79 Å². The molecular formula is C12H22N2O3. The number of amides is 2. The topological polar surface area (TPSA) is 69.6 Å². The van der Waals surface area contributed by atoms with E-state index in [2.05, 4.69) is 12.2 Å². The van der Waals surface area contributed by atoms with Crippen molar-refractivity contribution in [1.29, 1.82) is 0 Å². The summed E-state index contributed by atoms with van der Waals surface area (Å²) in [6.07, 6.45) is 2.11. The molecule has 0 aromatic rings. The smallest absolute Gasteiger partial charge is 0.317 e. The molecule has 0 saturated carbocycles. The normalized spacial score (nSPS) is 21.1. The van der Waals surface area contributed by atoms with Crippen molar-refractivity contribution in [2.45, 2.75) is 45.6 Å². The van der Waals surface area contributed by atoms with E-state index in [-0.39, 0.29) is 12.5 Å². The highest BCUT2D eigenvalue weighted by atomic mass is 16.4. The highest BCUT2D eigenvalue weighted by Gasteiger charge is 2.28. The molecule has 0 spiro atoms. The first-order valence-electron chi connectivity index (χ1n) is 6.09. The molecule has 0 aromatic heterocycles. The van der Waals surface area contributed by atoms with E-state index in [0.29, 0.717) is 5.92 Å². The third-order valence-corrected chi connectivity index (χ3v) is 2.98. The van der Waals surface area contributed by atoms with Gasteiger partial charge in [-0.3, -0.25) is 4.79 Å². The van der Waals surface area contributed by atoms with Crippen LogP contribution >= 0.6 is 0 Å². The van der Waals surface area contributed by atoms with Gasteiger partial charge in [0.15, 0.2) is 0 Å². The molecule has 17 heavy (non-hydrogen) atoms. The Labute approximate surface area is 102 Å². The number of urea groups is 1. The van der Waals surface area contributed by atoms with Crippen molar-refractivity contribution >= 4 is 12.0 Å². The number of carbonyl (C=O) groups is 2. The summed E-state index contributed by atoms with van der Waals surface area (Å²) in [5.74, 6) is -0.376. The Morgan fingerprint density at radius 2 is 2.12 bits per heavy atom. The molecule has 2 amide bonds. The van der Waals surface area contributed by atoms with E-state index in [1.807, 2.05) is 0 Å². The van der Waals surface area contributed by atoms with Gasteiger partial charge in [0.1, 0.15) is 0 Å². The summed E-state index contributed by atoms with van der Waals surface area (Å²) in [4.78, 5) is 24.4. The summed E-state index contributed by atoms with van der Waals surface area (Å²) < 4.78 is 0. The maximum Gasteiger partial charge on any atom is 0.317 e. The van der Waals surface area contributed by atoms with Crippen LogP contribution in [0.5, 0.6) is 0 Å². The van der Waals surface area contributed by atoms with E-state index in [9.17, 15) is 9.59 Å². The number of aliphatic carboxylic acids is 1. The Morgan fingerprint density at radius 3 is 2.65 bits per heavy atom. The second-order valence-electron chi connectivity index (χ2n) is 5.58. The first-order chi connectivity index (χ1) is 7.80. The summed E-state index contributed by atoms with van der Waals surface area (Å²) >= 11 is 0. The number of carboxylic acids is 1. The van der Waals surface area contributed by atoms with Crippen molar-refractivity contribution < 1.29 is 14.7 Å². The van der Waals surface area contributed by atoms with Gasteiger partial charge in [-0.15, -0.1) is 0 Å². The van der Waals surface area contributed by atoms with Crippen LogP contribution in [-0.4, -0.2) is 40.6 Å². The van der Waals surface area contributed by atoms with Crippen LogP contribution in [0.25, 0.3) is 0 Å². The molecule has 0 bridgehead atoms. The van der Waals surface area contributed by atoms with Gasteiger partial charge in [0.25, 0.3) is 0 Å². The molecule has 1 aliphatic rings. The van der Waals surface area contributed by atoms with Crippen LogP contribution in [0.3, 0.4) is 0 Å².